The van der Waals surface area contributed by atoms with Crippen LogP contribution in [-0.2, 0) is 16.0 Å². The smallest absolute Gasteiger partial charge is 0.243 e. The van der Waals surface area contributed by atoms with E-state index in [0.29, 0.717) is 24.2 Å². The van der Waals surface area contributed by atoms with E-state index < -0.39 is 0 Å². The van der Waals surface area contributed by atoms with E-state index in [0.717, 1.165) is 22.0 Å². The Bertz CT molecular complexity index is 1200. The van der Waals surface area contributed by atoms with E-state index in [1.54, 1.807) is 24.3 Å². The number of nitrogens with one attached hydrogen (secondary N) is 3. The third kappa shape index (κ3) is 5.95. The summed E-state index contributed by atoms with van der Waals surface area (Å²) in [5.41, 5.74) is 3.42. The Morgan fingerprint density at radius 3 is 1.91 bits per heavy atom. The van der Waals surface area contributed by atoms with Gasteiger partial charge in [-0.25, -0.2) is 0 Å². The molecule has 3 N–H and O–H groups in total. The van der Waals surface area contributed by atoms with Crippen molar-refractivity contribution in [3.63, 3.8) is 0 Å². The first kappa shape index (κ1) is 21.1. The van der Waals surface area contributed by atoms with Gasteiger partial charge in [0.05, 0.1) is 6.54 Å². The second-order valence-electron chi connectivity index (χ2n) is 7.57. The topological polar surface area (TPSA) is 70.2 Å². The second-order valence-corrected chi connectivity index (χ2v) is 7.57. The van der Waals surface area contributed by atoms with E-state index in [2.05, 4.69) is 22.0 Å². The van der Waals surface area contributed by atoms with Crippen LogP contribution in [0.2, 0.25) is 0 Å². The van der Waals surface area contributed by atoms with Crippen molar-refractivity contribution in [2.75, 3.05) is 22.5 Å². The molecule has 0 radical (unpaired) electrons. The van der Waals surface area contributed by atoms with Crippen LogP contribution in [0.1, 0.15) is 12.0 Å². The molecule has 4 aromatic carbocycles. The standard InChI is InChI=1S/C27H25N3O2/c31-26(17-10-20-6-2-1-3-7-20)29-23-13-15-24(16-14-23)30-27(32)19-28-25-12-11-21-8-4-5-9-22(21)18-25/h1-9,11-16,18,28H,10,17,19H2,(H,29,31)(H,30,32). The number of carbonyl (C=O) groups excluding carboxylic acids is 2. The SMILES string of the molecule is O=C(CCc1ccccc1)Nc1ccc(NC(=O)CNc2ccc3ccccc3c2)cc1. The van der Waals surface area contributed by atoms with E-state index in [9.17, 15) is 9.59 Å². The lowest BCUT2D eigenvalue weighted by atomic mass is 10.1. The quantitative estimate of drug-likeness (QED) is 0.352. The number of fused-ring (bicyclic) bond motifs is 1. The van der Waals surface area contributed by atoms with Crippen molar-refractivity contribution >= 4 is 39.6 Å². The highest BCUT2D eigenvalue weighted by atomic mass is 16.2. The fraction of sp³-hybridized carbons (Fsp3) is 0.111. The minimum Gasteiger partial charge on any atom is -0.376 e. The Morgan fingerprint density at radius 2 is 1.19 bits per heavy atom. The van der Waals surface area contributed by atoms with Gasteiger partial charge in [0, 0.05) is 23.5 Å². The van der Waals surface area contributed by atoms with Crippen LogP contribution < -0.4 is 16.0 Å². The summed E-state index contributed by atoms with van der Waals surface area (Å²) < 4.78 is 0. The van der Waals surface area contributed by atoms with Gasteiger partial charge >= 0.3 is 0 Å². The van der Waals surface area contributed by atoms with Crippen LogP contribution >= 0.6 is 0 Å². The third-order valence-electron chi connectivity index (χ3n) is 5.14. The Morgan fingerprint density at radius 1 is 0.594 bits per heavy atom. The summed E-state index contributed by atoms with van der Waals surface area (Å²) in [5, 5.41) is 11.2. The molecule has 0 bridgehead atoms. The molecule has 0 unspecified atom stereocenters. The Kier molecular flexibility index (Phi) is 6.78. The predicted octanol–water partition coefficient (Wildman–Crippen LogP) is 5.46. The van der Waals surface area contributed by atoms with Crippen molar-refractivity contribution < 1.29 is 9.59 Å². The molecular weight excluding hydrogens is 398 g/mol. The second kappa shape index (κ2) is 10.3. The molecular formula is C27H25N3O2. The maximum absolute atomic E-state index is 12.3. The van der Waals surface area contributed by atoms with E-state index in [1.807, 2.05) is 66.7 Å². The molecule has 5 heteroatoms. The first-order chi connectivity index (χ1) is 15.7. The van der Waals surface area contributed by atoms with Gasteiger partial charge in [-0.05, 0) is 59.2 Å². The monoisotopic (exact) mass is 423 g/mol. The number of hydrogen-bond acceptors (Lipinski definition) is 3. The van der Waals surface area contributed by atoms with Gasteiger partial charge in [0.25, 0.3) is 0 Å². The average Bonchev–Trinajstić information content (AvgIpc) is 2.83. The molecule has 0 aliphatic heterocycles. The van der Waals surface area contributed by atoms with Crippen molar-refractivity contribution in [3.05, 3.63) is 103 Å². The highest BCUT2D eigenvalue weighted by molar-refractivity contribution is 5.95. The number of amides is 2. The lowest BCUT2D eigenvalue weighted by Gasteiger charge is -2.10. The molecule has 0 aliphatic carbocycles. The van der Waals surface area contributed by atoms with Crippen LogP contribution in [0.25, 0.3) is 10.8 Å². The molecule has 0 aromatic heterocycles. The van der Waals surface area contributed by atoms with Crippen LogP contribution in [0.15, 0.2) is 97.1 Å². The highest BCUT2D eigenvalue weighted by Crippen LogP contribution is 2.19. The molecule has 0 aliphatic rings. The molecule has 0 heterocycles. The minimum atomic E-state index is -0.141. The maximum atomic E-state index is 12.3. The molecule has 32 heavy (non-hydrogen) atoms. The summed E-state index contributed by atoms with van der Waals surface area (Å²) >= 11 is 0. The van der Waals surface area contributed by atoms with Crippen molar-refractivity contribution in [3.8, 4) is 0 Å². The maximum Gasteiger partial charge on any atom is 0.243 e. The summed E-state index contributed by atoms with van der Waals surface area (Å²) in [6.45, 7) is 0.163. The first-order valence-electron chi connectivity index (χ1n) is 10.6. The van der Waals surface area contributed by atoms with Gasteiger partial charge in [-0.3, -0.25) is 9.59 Å². The number of carbonyl (C=O) groups is 2. The van der Waals surface area contributed by atoms with E-state index >= 15 is 0 Å². The normalized spacial score (nSPS) is 10.5. The van der Waals surface area contributed by atoms with Gasteiger partial charge in [-0.15, -0.1) is 0 Å². The minimum absolute atomic E-state index is 0.0368. The molecule has 4 aromatic rings. The van der Waals surface area contributed by atoms with Gasteiger partial charge in [0.15, 0.2) is 0 Å². The molecule has 4 rings (SSSR count). The lowest BCUT2D eigenvalue weighted by molar-refractivity contribution is -0.116. The van der Waals surface area contributed by atoms with Crippen molar-refractivity contribution in [1.29, 1.82) is 0 Å². The summed E-state index contributed by atoms with van der Waals surface area (Å²) in [5.74, 6) is -0.178. The summed E-state index contributed by atoms with van der Waals surface area (Å²) in [7, 11) is 0. The predicted molar refractivity (Wildman–Crippen MR) is 131 cm³/mol. The van der Waals surface area contributed by atoms with Gasteiger partial charge in [-0.2, -0.15) is 0 Å². The highest BCUT2D eigenvalue weighted by Gasteiger charge is 2.06. The van der Waals surface area contributed by atoms with Crippen molar-refractivity contribution in [2.45, 2.75) is 12.8 Å². The number of hydrogen-bond donors (Lipinski definition) is 3. The zero-order valence-corrected chi connectivity index (χ0v) is 17.7. The number of aryl methyl sites for hydroxylation is 1. The zero-order chi connectivity index (χ0) is 22.2. The Balaban J connectivity index is 1.23. The first-order valence-corrected chi connectivity index (χ1v) is 10.6. The lowest BCUT2D eigenvalue weighted by Crippen LogP contribution is -2.21. The Labute approximate surface area is 187 Å². The summed E-state index contributed by atoms with van der Waals surface area (Å²) in [4.78, 5) is 24.4. The summed E-state index contributed by atoms with van der Waals surface area (Å²) in [6, 6.07) is 31.2. The molecule has 0 spiro atoms. The van der Waals surface area contributed by atoms with Crippen LogP contribution in [0.4, 0.5) is 17.1 Å². The van der Waals surface area contributed by atoms with Gasteiger partial charge in [0.2, 0.25) is 11.8 Å². The van der Waals surface area contributed by atoms with Gasteiger partial charge in [0.1, 0.15) is 0 Å². The van der Waals surface area contributed by atoms with Gasteiger partial charge < -0.3 is 16.0 Å². The zero-order valence-electron chi connectivity index (χ0n) is 17.7. The van der Waals surface area contributed by atoms with Crippen molar-refractivity contribution in [1.82, 2.24) is 0 Å². The Hall–Kier alpha value is -4.12. The van der Waals surface area contributed by atoms with Crippen LogP contribution in [0.3, 0.4) is 0 Å². The fourth-order valence-corrected chi connectivity index (χ4v) is 3.45. The largest absolute Gasteiger partial charge is 0.376 e. The number of anilines is 3. The molecule has 160 valence electrons. The van der Waals surface area contributed by atoms with E-state index in [-0.39, 0.29) is 18.4 Å². The molecule has 0 fully saturated rings. The van der Waals surface area contributed by atoms with Crippen LogP contribution in [-0.4, -0.2) is 18.4 Å². The fourth-order valence-electron chi connectivity index (χ4n) is 3.45. The summed E-state index contributed by atoms with van der Waals surface area (Å²) in [6.07, 6.45) is 1.12. The molecule has 0 saturated carbocycles. The van der Waals surface area contributed by atoms with Crippen molar-refractivity contribution in [2.24, 2.45) is 0 Å². The third-order valence-corrected chi connectivity index (χ3v) is 5.14. The van der Waals surface area contributed by atoms with E-state index in [4.69, 9.17) is 0 Å². The van der Waals surface area contributed by atoms with Crippen LogP contribution in [0, 0.1) is 0 Å². The molecule has 2 amide bonds. The van der Waals surface area contributed by atoms with Crippen LogP contribution in [0.5, 0.6) is 0 Å². The molecule has 5 nitrogen and oxygen atoms in total. The number of benzene rings is 4. The van der Waals surface area contributed by atoms with Gasteiger partial charge in [-0.1, -0.05) is 60.7 Å². The molecule has 0 atom stereocenters. The molecule has 0 saturated heterocycles. The number of rotatable bonds is 8. The average molecular weight is 424 g/mol. The van der Waals surface area contributed by atoms with E-state index in [1.165, 1.54) is 0 Å².